The molecule has 1 aliphatic heterocycles. The van der Waals surface area contributed by atoms with E-state index in [1.807, 2.05) is 0 Å². The van der Waals surface area contributed by atoms with E-state index in [2.05, 4.69) is 0 Å². The molecule has 1 saturated heterocycles. The molecule has 0 bridgehead atoms. The minimum atomic E-state index is -0.729. The van der Waals surface area contributed by atoms with E-state index in [9.17, 15) is 5.11 Å². The van der Waals surface area contributed by atoms with Crippen LogP contribution < -0.4 is 0 Å². The van der Waals surface area contributed by atoms with Crippen molar-refractivity contribution >= 4 is 0 Å². The van der Waals surface area contributed by atoms with Crippen molar-refractivity contribution in [2.75, 3.05) is 19.8 Å². The molecule has 0 amide bonds. The number of ether oxygens (including phenoxy) is 1. The molecule has 0 saturated carbocycles. The number of hydrogen-bond donors (Lipinski definition) is 2. The Kier molecular flexibility index (Phi) is 2.28. The highest BCUT2D eigenvalue weighted by Crippen LogP contribution is 2.25. The second kappa shape index (κ2) is 2.86. The van der Waals surface area contributed by atoms with Gasteiger partial charge in [0.1, 0.15) is 0 Å². The van der Waals surface area contributed by atoms with Gasteiger partial charge in [0.2, 0.25) is 0 Å². The maximum atomic E-state index is 9.59. The van der Waals surface area contributed by atoms with Gasteiger partial charge in [-0.3, -0.25) is 0 Å². The van der Waals surface area contributed by atoms with Crippen LogP contribution >= 0.6 is 0 Å². The van der Waals surface area contributed by atoms with Crippen LogP contribution in [0.4, 0.5) is 0 Å². The van der Waals surface area contributed by atoms with Crippen molar-refractivity contribution in [3.05, 3.63) is 0 Å². The Labute approximate surface area is 60.6 Å². The molecule has 2 atom stereocenters. The predicted octanol–water partition coefficient (Wildman–Crippen LogP) is -0.234. The van der Waals surface area contributed by atoms with E-state index >= 15 is 0 Å². The third-order valence-corrected chi connectivity index (χ3v) is 2.17. The Morgan fingerprint density at radius 2 is 2.40 bits per heavy atom. The van der Waals surface area contributed by atoms with E-state index in [0.717, 1.165) is 0 Å². The molecule has 1 fully saturated rings. The van der Waals surface area contributed by atoms with Gasteiger partial charge >= 0.3 is 0 Å². The van der Waals surface area contributed by atoms with Crippen LogP contribution in [-0.2, 0) is 4.74 Å². The molecule has 0 aromatic heterocycles. The lowest BCUT2D eigenvalue weighted by Crippen LogP contribution is -2.44. The first kappa shape index (κ1) is 7.98. The fourth-order valence-electron chi connectivity index (χ4n) is 1.14. The third-order valence-electron chi connectivity index (χ3n) is 2.17. The monoisotopic (exact) mass is 146 g/mol. The summed E-state index contributed by atoms with van der Waals surface area (Å²) < 4.78 is 5.09. The Hall–Kier alpha value is -0.120. The van der Waals surface area contributed by atoms with Crippen molar-refractivity contribution in [2.45, 2.75) is 18.9 Å². The second-order valence-electron chi connectivity index (χ2n) is 3.06. The molecular formula is C7H14O3. The van der Waals surface area contributed by atoms with Gasteiger partial charge in [-0.2, -0.15) is 0 Å². The summed E-state index contributed by atoms with van der Waals surface area (Å²) >= 11 is 0. The van der Waals surface area contributed by atoms with Gasteiger partial charge in [0.15, 0.2) is 0 Å². The molecule has 0 radical (unpaired) electrons. The molecule has 1 rings (SSSR count). The van der Waals surface area contributed by atoms with Crippen molar-refractivity contribution in [2.24, 2.45) is 5.92 Å². The van der Waals surface area contributed by atoms with Gasteiger partial charge in [0.05, 0.1) is 18.8 Å². The number of hydrogen-bond acceptors (Lipinski definition) is 3. The van der Waals surface area contributed by atoms with Gasteiger partial charge in [-0.05, 0) is 13.3 Å². The van der Waals surface area contributed by atoms with E-state index in [-0.39, 0.29) is 12.5 Å². The van der Waals surface area contributed by atoms with E-state index in [1.54, 1.807) is 6.92 Å². The van der Waals surface area contributed by atoms with Crippen LogP contribution in [0.1, 0.15) is 13.3 Å². The fraction of sp³-hybridized carbons (Fsp3) is 1.00. The predicted molar refractivity (Wildman–Crippen MR) is 36.6 cm³/mol. The van der Waals surface area contributed by atoms with Gasteiger partial charge in [-0.25, -0.2) is 0 Å². The van der Waals surface area contributed by atoms with Crippen LogP contribution in [0.2, 0.25) is 0 Å². The van der Waals surface area contributed by atoms with Crippen molar-refractivity contribution in [1.82, 2.24) is 0 Å². The lowest BCUT2D eigenvalue weighted by atomic mass is 9.86. The molecule has 2 unspecified atom stereocenters. The molecule has 0 aliphatic carbocycles. The van der Waals surface area contributed by atoms with Crippen LogP contribution in [0, 0.1) is 5.92 Å². The first-order chi connectivity index (χ1) is 4.67. The highest BCUT2D eigenvalue weighted by Gasteiger charge is 2.34. The van der Waals surface area contributed by atoms with E-state index < -0.39 is 5.60 Å². The van der Waals surface area contributed by atoms with E-state index in [0.29, 0.717) is 19.6 Å². The molecule has 3 heteroatoms. The summed E-state index contributed by atoms with van der Waals surface area (Å²) in [5.74, 6) is -0.110. The molecule has 1 heterocycles. The SMILES string of the molecule is CC1(O)CCOCC1CO. The Bertz CT molecular complexity index is 111. The zero-order chi connectivity index (χ0) is 7.61. The highest BCUT2D eigenvalue weighted by atomic mass is 16.5. The standard InChI is InChI=1S/C7H14O3/c1-7(9)2-3-10-5-6(7)4-8/h6,8-9H,2-5H2,1H3. The van der Waals surface area contributed by atoms with Gasteiger partial charge in [0, 0.05) is 12.5 Å². The highest BCUT2D eigenvalue weighted by molar-refractivity contribution is 4.84. The summed E-state index contributed by atoms with van der Waals surface area (Å²) in [5.41, 5.74) is -0.729. The maximum Gasteiger partial charge on any atom is 0.0713 e. The van der Waals surface area contributed by atoms with Crippen molar-refractivity contribution in [3.63, 3.8) is 0 Å². The summed E-state index contributed by atoms with van der Waals surface area (Å²) in [4.78, 5) is 0. The number of aliphatic hydroxyl groups excluding tert-OH is 1. The van der Waals surface area contributed by atoms with Crippen LogP contribution in [0.5, 0.6) is 0 Å². The average molecular weight is 146 g/mol. The molecule has 2 N–H and O–H groups in total. The fourth-order valence-corrected chi connectivity index (χ4v) is 1.14. The molecular weight excluding hydrogens is 132 g/mol. The topological polar surface area (TPSA) is 49.7 Å². The lowest BCUT2D eigenvalue weighted by Gasteiger charge is -2.35. The average Bonchev–Trinajstić information content (AvgIpc) is 1.87. The first-order valence-corrected chi connectivity index (χ1v) is 3.58. The maximum absolute atomic E-state index is 9.59. The molecule has 0 aromatic carbocycles. The zero-order valence-electron chi connectivity index (χ0n) is 6.21. The van der Waals surface area contributed by atoms with Crippen LogP contribution in [0.15, 0.2) is 0 Å². The summed E-state index contributed by atoms with van der Waals surface area (Å²) in [6.07, 6.45) is 0.623. The molecule has 60 valence electrons. The Morgan fingerprint density at radius 1 is 1.70 bits per heavy atom. The Balaban J connectivity index is 2.51. The van der Waals surface area contributed by atoms with Crippen LogP contribution in [0.25, 0.3) is 0 Å². The van der Waals surface area contributed by atoms with Crippen molar-refractivity contribution < 1.29 is 14.9 Å². The van der Waals surface area contributed by atoms with Gasteiger partial charge < -0.3 is 14.9 Å². The zero-order valence-corrected chi connectivity index (χ0v) is 6.21. The molecule has 1 aliphatic rings. The quantitative estimate of drug-likeness (QED) is 0.537. The summed E-state index contributed by atoms with van der Waals surface area (Å²) in [6, 6.07) is 0. The van der Waals surface area contributed by atoms with Gasteiger partial charge in [-0.15, -0.1) is 0 Å². The molecule has 3 nitrogen and oxygen atoms in total. The van der Waals surface area contributed by atoms with Gasteiger partial charge in [-0.1, -0.05) is 0 Å². The largest absolute Gasteiger partial charge is 0.396 e. The van der Waals surface area contributed by atoms with Gasteiger partial charge in [0.25, 0.3) is 0 Å². The number of rotatable bonds is 1. The first-order valence-electron chi connectivity index (χ1n) is 3.58. The minimum Gasteiger partial charge on any atom is -0.396 e. The van der Waals surface area contributed by atoms with Crippen molar-refractivity contribution in [1.29, 1.82) is 0 Å². The smallest absolute Gasteiger partial charge is 0.0713 e. The normalized spacial score (nSPS) is 41.7. The Morgan fingerprint density at radius 3 is 2.80 bits per heavy atom. The lowest BCUT2D eigenvalue weighted by molar-refractivity contribution is -0.115. The van der Waals surface area contributed by atoms with E-state index in [4.69, 9.17) is 9.84 Å². The minimum absolute atomic E-state index is 0.00694. The second-order valence-corrected chi connectivity index (χ2v) is 3.06. The summed E-state index contributed by atoms with van der Waals surface area (Å²) in [6.45, 7) is 2.83. The summed E-state index contributed by atoms with van der Waals surface area (Å²) in [7, 11) is 0. The van der Waals surface area contributed by atoms with Crippen LogP contribution in [0.3, 0.4) is 0 Å². The van der Waals surface area contributed by atoms with Crippen molar-refractivity contribution in [3.8, 4) is 0 Å². The molecule has 0 spiro atoms. The van der Waals surface area contributed by atoms with E-state index in [1.165, 1.54) is 0 Å². The third kappa shape index (κ3) is 1.48. The summed E-state index contributed by atoms with van der Waals surface area (Å²) in [5, 5.41) is 18.4. The van der Waals surface area contributed by atoms with Crippen LogP contribution in [-0.4, -0.2) is 35.6 Å². The molecule has 10 heavy (non-hydrogen) atoms. The number of aliphatic hydroxyl groups is 2. The molecule has 0 aromatic rings.